The summed E-state index contributed by atoms with van der Waals surface area (Å²) in [6.45, 7) is 3.69. The minimum Gasteiger partial charge on any atom is -0.368 e. The highest BCUT2D eigenvalue weighted by Gasteiger charge is 2.20. The molecular formula is C18H15FN2S. The van der Waals surface area contributed by atoms with Gasteiger partial charge in [-0.05, 0) is 30.7 Å². The molecule has 2 heterocycles. The molecule has 4 rings (SSSR count). The van der Waals surface area contributed by atoms with E-state index in [2.05, 4.69) is 41.5 Å². The molecule has 0 saturated carbocycles. The van der Waals surface area contributed by atoms with Crippen LogP contribution < -0.4 is 5.32 Å². The van der Waals surface area contributed by atoms with E-state index < -0.39 is 0 Å². The van der Waals surface area contributed by atoms with Gasteiger partial charge < -0.3 is 5.32 Å². The fraction of sp³-hybridized carbons (Fsp3) is 0.167. The van der Waals surface area contributed by atoms with E-state index in [1.807, 2.05) is 6.07 Å². The van der Waals surface area contributed by atoms with Crippen LogP contribution in [0.3, 0.4) is 0 Å². The molecule has 2 nitrogen and oxygen atoms in total. The van der Waals surface area contributed by atoms with Crippen LogP contribution in [0.1, 0.15) is 11.1 Å². The highest BCUT2D eigenvalue weighted by Crippen LogP contribution is 2.39. The molecule has 0 bridgehead atoms. The maximum absolute atomic E-state index is 13.7. The SMILES string of the molecule is Cc1ccc(-c2sc3ccc(F)cc3c2C2=NCCN2)cc1. The van der Waals surface area contributed by atoms with Crippen molar-refractivity contribution in [3.63, 3.8) is 0 Å². The minimum absolute atomic E-state index is 0.208. The molecule has 0 fully saturated rings. The zero-order valence-electron chi connectivity index (χ0n) is 12.2. The van der Waals surface area contributed by atoms with Crippen molar-refractivity contribution in [3.05, 3.63) is 59.4 Å². The third-order valence-corrected chi connectivity index (χ3v) is 5.09. The lowest BCUT2D eigenvalue weighted by Gasteiger charge is -2.06. The van der Waals surface area contributed by atoms with Gasteiger partial charge >= 0.3 is 0 Å². The normalized spacial score (nSPS) is 14.2. The number of thiophene rings is 1. The standard InChI is InChI=1S/C18H15FN2S/c1-11-2-4-12(5-3-11)17-16(18-20-8-9-21-18)14-10-13(19)6-7-15(14)22-17/h2-7,10H,8-9H2,1H3,(H,20,21). The van der Waals surface area contributed by atoms with Crippen LogP contribution in [-0.2, 0) is 0 Å². The molecule has 1 aliphatic rings. The number of aliphatic imine (C=N–C) groups is 1. The molecule has 22 heavy (non-hydrogen) atoms. The van der Waals surface area contributed by atoms with Crippen LogP contribution in [0.5, 0.6) is 0 Å². The fourth-order valence-corrected chi connectivity index (χ4v) is 3.97. The van der Waals surface area contributed by atoms with Gasteiger partial charge in [-0.25, -0.2) is 4.39 Å². The highest BCUT2D eigenvalue weighted by molar-refractivity contribution is 7.22. The first-order valence-corrected chi connectivity index (χ1v) is 8.12. The largest absolute Gasteiger partial charge is 0.368 e. The molecule has 1 N–H and O–H groups in total. The predicted molar refractivity (Wildman–Crippen MR) is 91.4 cm³/mol. The number of nitrogens with one attached hydrogen (secondary N) is 1. The van der Waals surface area contributed by atoms with Crippen LogP contribution in [-0.4, -0.2) is 18.9 Å². The average Bonchev–Trinajstić information content (AvgIpc) is 3.14. The zero-order chi connectivity index (χ0) is 15.1. The van der Waals surface area contributed by atoms with Gasteiger partial charge in [0, 0.05) is 27.1 Å². The second kappa shape index (κ2) is 5.21. The predicted octanol–water partition coefficient (Wildman–Crippen LogP) is 4.37. The van der Waals surface area contributed by atoms with Crippen LogP contribution in [0, 0.1) is 12.7 Å². The van der Waals surface area contributed by atoms with Crippen molar-refractivity contribution in [3.8, 4) is 10.4 Å². The molecule has 1 aliphatic heterocycles. The molecule has 4 heteroatoms. The van der Waals surface area contributed by atoms with E-state index in [4.69, 9.17) is 0 Å². The third kappa shape index (κ3) is 2.20. The van der Waals surface area contributed by atoms with E-state index in [1.54, 1.807) is 17.4 Å². The Labute approximate surface area is 132 Å². The molecule has 110 valence electrons. The summed E-state index contributed by atoms with van der Waals surface area (Å²) in [5.74, 6) is 0.674. The Bertz CT molecular complexity index is 878. The number of benzene rings is 2. The maximum Gasteiger partial charge on any atom is 0.130 e. The Hall–Kier alpha value is -2.20. The molecule has 0 saturated heterocycles. The highest BCUT2D eigenvalue weighted by atomic mass is 32.1. The van der Waals surface area contributed by atoms with Gasteiger partial charge in [0.05, 0.1) is 6.54 Å². The van der Waals surface area contributed by atoms with Gasteiger partial charge in [-0.2, -0.15) is 0 Å². The number of halogens is 1. The lowest BCUT2D eigenvalue weighted by Crippen LogP contribution is -2.19. The van der Waals surface area contributed by atoms with E-state index in [0.717, 1.165) is 45.0 Å². The van der Waals surface area contributed by atoms with Crippen LogP contribution >= 0.6 is 11.3 Å². The number of rotatable bonds is 2. The molecule has 2 aromatic carbocycles. The third-order valence-electron chi connectivity index (χ3n) is 3.87. The number of hydrogen-bond donors (Lipinski definition) is 1. The average molecular weight is 310 g/mol. The fourth-order valence-electron chi connectivity index (χ4n) is 2.78. The smallest absolute Gasteiger partial charge is 0.130 e. The Balaban J connectivity index is 2.00. The van der Waals surface area contributed by atoms with Gasteiger partial charge in [0.15, 0.2) is 0 Å². The summed E-state index contributed by atoms with van der Waals surface area (Å²) in [5, 5.41) is 4.26. The summed E-state index contributed by atoms with van der Waals surface area (Å²) in [5.41, 5.74) is 3.41. The van der Waals surface area contributed by atoms with Crippen molar-refractivity contribution in [2.45, 2.75) is 6.92 Å². The first-order valence-electron chi connectivity index (χ1n) is 7.30. The van der Waals surface area contributed by atoms with E-state index >= 15 is 0 Å². The van der Waals surface area contributed by atoms with E-state index in [0.29, 0.717) is 0 Å². The van der Waals surface area contributed by atoms with E-state index in [9.17, 15) is 4.39 Å². The van der Waals surface area contributed by atoms with Gasteiger partial charge in [0.25, 0.3) is 0 Å². The van der Waals surface area contributed by atoms with E-state index in [-0.39, 0.29) is 5.82 Å². The molecule has 0 spiro atoms. The van der Waals surface area contributed by atoms with Gasteiger partial charge in [0.2, 0.25) is 0 Å². The molecule has 0 aliphatic carbocycles. The van der Waals surface area contributed by atoms with Crippen LogP contribution in [0.2, 0.25) is 0 Å². The zero-order valence-corrected chi connectivity index (χ0v) is 13.0. The Morgan fingerprint density at radius 2 is 1.95 bits per heavy atom. The first-order chi connectivity index (χ1) is 10.7. The van der Waals surface area contributed by atoms with Crippen molar-refractivity contribution < 1.29 is 4.39 Å². The molecule has 0 radical (unpaired) electrons. The van der Waals surface area contributed by atoms with Crippen molar-refractivity contribution in [2.24, 2.45) is 4.99 Å². The van der Waals surface area contributed by atoms with Crippen molar-refractivity contribution >= 4 is 27.3 Å². The van der Waals surface area contributed by atoms with Crippen molar-refractivity contribution in [1.29, 1.82) is 0 Å². The monoisotopic (exact) mass is 310 g/mol. The Morgan fingerprint density at radius 3 is 2.68 bits per heavy atom. The number of aryl methyl sites for hydroxylation is 1. The van der Waals surface area contributed by atoms with Gasteiger partial charge in [-0.15, -0.1) is 11.3 Å². The molecule has 0 atom stereocenters. The lowest BCUT2D eigenvalue weighted by atomic mass is 10.0. The number of fused-ring (bicyclic) bond motifs is 1. The first kappa shape index (κ1) is 13.5. The summed E-state index contributed by atoms with van der Waals surface area (Å²) in [6, 6.07) is 13.4. The second-order valence-corrected chi connectivity index (χ2v) is 6.52. The maximum atomic E-state index is 13.7. The second-order valence-electron chi connectivity index (χ2n) is 5.47. The van der Waals surface area contributed by atoms with Gasteiger partial charge in [-0.1, -0.05) is 29.8 Å². The van der Waals surface area contributed by atoms with Crippen molar-refractivity contribution in [1.82, 2.24) is 5.32 Å². The van der Waals surface area contributed by atoms with Crippen molar-refractivity contribution in [2.75, 3.05) is 13.1 Å². The molecule has 3 aromatic rings. The number of nitrogens with zero attached hydrogens (tertiary/aromatic N) is 1. The summed E-state index contributed by atoms with van der Waals surface area (Å²) in [4.78, 5) is 5.70. The van der Waals surface area contributed by atoms with Crippen LogP contribution in [0.4, 0.5) is 4.39 Å². The van der Waals surface area contributed by atoms with Crippen LogP contribution in [0.15, 0.2) is 47.5 Å². The van der Waals surface area contributed by atoms with Gasteiger partial charge in [0.1, 0.15) is 11.7 Å². The summed E-state index contributed by atoms with van der Waals surface area (Å²) >= 11 is 1.69. The Morgan fingerprint density at radius 1 is 1.14 bits per heavy atom. The molecule has 1 aromatic heterocycles. The molecule has 0 unspecified atom stereocenters. The topological polar surface area (TPSA) is 24.4 Å². The summed E-state index contributed by atoms with van der Waals surface area (Å²) < 4.78 is 14.8. The van der Waals surface area contributed by atoms with E-state index in [1.165, 1.54) is 11.6 Å². The van der Waals surface area contributed by atoms with Crippen LogP contribution in [0.25, 0.3) is 20.5 Å². The lowest BCUT2D eigenvalue weighted by molar-refractivity contribution is 0.630. The summed E-state index contributed by atoms with van der Waals surface area (Å²) in [7, 11) is 0. The summed E-state index contributed by atoms with van der Waals surface area (Å²) in [6.07, 6.45) is 0. The number of amidine groups is 1. The minimum atomic E-state index is -0.208. The molecule has 0 amide bonds. The van der Waals surface area contributed by atoms with Gasteiger partial charge in [-0.3, -0.25) is 4.99 Å². The number of hydrogen-bond acceptors (Lipinski definition) is 3. The molecular weight excluding hydrogens is 295 g/mol. The quantitative estimate of drug-likeness (QED) is 0.747. The Kier molecular flexibility index (Phi) is 3.19.